The maximum Gasteiger partial charge on any atom is 0.254 e. The molecule has 2 aromatic carbocycles. The molecule has 2 amide bonds. The molecule has 4 aromatic rings. The molecule has 2 aromatic heterocycles. The molecule has 12 heteroatoms. The highest BCUT2D eigenvalue weighted by atomic mass is 35.5. The maximum atomic E-state index is 13.8. The van der Waals surface area contributed by atoms with Gasteiger partial charge in [-0.3, -0.25) is 19.0 Å². The van der Waals surface area contributed by atoms with Crippen LogP contribution in [0.2, 0.25) is 10.2 Å². The van der Waals surface area contributed by atoms with E-state index in [0.29, 0.717) is 54.6 Å². The fraction of sp³-hybridized carbons (Fsp3) is 0.259. The first-order valence-electron chi connectivity index (χ1n) is 12.3. The van der Waals surface area contributed by atoms with E-state index in [1.807, 2.05) is 30.3 Å². The molecule has 0 N–H and O–H groups in total. The summed E-state index contributed by atoms with van der Waals surface area (Å²) in [6.07, 6.45) is 3.25. The second kappa shape index (κ2) is 11.4. The minimum absolute atomic E-state index is 0.0208. The van der Waals surface area contributed by atoms with Gasteiger partial charge in [0.2, 0.25) is 11.8 Å². The third-order valence-electron chi connectivity index (χ3n) is 6.71. The Kier molecular flexibility index (Phi) is 7.76. The van der Waals surface area contributed by atoms with E-state index in [4.69, 9.17) is 23.2 Å². The van der Waals surface area contributed by atoms with Gasteiger partial charge < -0.3 is 9.80 Å². The van der Waals surface area contributed by atoms with E-state index < -0.39 is 6.04 Å². The molecule has 1 aliphatic rings. The molecular formula is C27H25Cl2N7O3. The van der Waals surface area contributed by atoms with Gasteiger partial charge in [-0.1, -0.05) is 58.7 Å². The van der Waals surface area contributed by atoms with Gasteiger partial charge in [0.25, 0.3) is 5.56 Å². The van der Waals surface area contributed by atoms with Crippen molar-refractivity contribution in [3.63, 3.8) is 0 Å². The van der Waals surface area contributed by atoms with Gasteiger partial charge in [0, 0.05) is 56.2 Å². The van der Waals surface area contributed by atoms with Crippen LogP contribution in [0.4, 0.5) is 0 Å². The van der Waals surface area contributed by atoms with Crippen LogP contribution in [-0.2, 0) is 16.0 Å². The summed E-state index contributed by atoms with van der Waals surface area (Å²) in [7, 11) is 0. The maximum absolute atomic E-state index is 13.8. The number of aromatic nitrogens is 5. The summed E-state index contributed by atoms with van der Waals surface area (Å²) in [5, 5.41) is 8.50. The summed E-state index contributed by atoms with van der Waals surface area (Å²) < 4.78 is 2.84. The number of carbonyl (C=O) groups is 2. The van der Waals surface area contributed by atoms with Crippen molar-refractivity contribution in [2.24, 2.45) is 0 Å². The van der Waals surface area contributed by atoms with Gasteiger partial charge in [-0.05, 0) is 23.8 Å². The summed E-state index contributed by atoms with van der Waals surface area (Å²) in [4.78, 5) is 47.0. The summed E-state index contributed by atoms with van der Waals surface area (Å²) in [5.41, 5.74) is 2.03. The molecule has 0 radical (unpaired) electrons. The van der Waals surface area contributed by atoms with Crippen molar-refractivity contribution < 1.29 is 9.59 Å². The van der Waals surface area contributed by atoms with Gasteiger partial charge in [-0.2, -0.15) is 0 Å². The summed E-state index contributed by atoms with van der Waals surface area (Å²) >= 11 is 12.2. The van der Waals surface area contributed by atoms with Crippen LogP contribution in [0.5, 0.6) is 0 Å². The Balaban J connectivity index is 1.50. The first-order chi connectivity index (χ1) is 18.8. The summed E-state index contributed by atoms with van der Waals surface area (Å²) in [6, 6.07) is 15.2. The minimum Gasteiger partial charge on any atom is -0.339 e. The summed E-state index contributed by atoms with van der Waals surface area (Å²) in [5.74, 6) is -0.216. The first kappa shape index (κ1) is 26.6. The van der Waals surface area contributed by atoms with E-state index in [9.17, 15) is 14.4 Å². The number of rotatable bonds is 6. The van der Waals surface area contributed by atoms with E-state index in [0.717, 1.165) is 5.56 Å². The van der Waals surface area contributed by atoms with Crippen molar-refractivity contribution in [3.05, 3.63) is 93.2 Å². The largest absolute Gasteiger partial charge is 0.339 e. The lowest BCUT2D eigenvalue weighted by molar-refractivity contribution is -0.140. The van der Waals surface area contributed by atoms with E-state index in [1.54, 1.807) is 28.0 Å². The zero-order valence-corrected chi connectivity index (χ0v) is 22.6. The van der Waals surface area contributed by atoms with Crippen LogP contribution in [-0.4, -0.2) is 72.3 Å². The van der Waals surface area contributed by atoms with Crippen LogP contribution >= 0.6 is 23.2 Å². The summed E-state index contributed by atoms with van der Waals surface area (Å²) in [6.45, 7) is 3.22. The molecule has 200 valence electrons. The number of carbonyl (C=O) groups excluding carboxylic acids is 2. The highest BCUT2D eigenvalue weighted by Gasteiger charge is 2.30. The van der Waals surface area contributed by atoms with Crippen LogP contribution < -0.4 is 5.56 Å². The molecule has 3 heterocycles. The van der Waals surface area contributed by atoms with Crippen LogP contribution in [0.3, 0.4) is 0 Å². The monoisotopic (exact) mass is 565 g/mol. The zero-order chi connectivity index (χ0) is 27.5. The van der Waals surface area contributed by atoms with Crippen LogP contribution in [0.25, 0.3) is 16.9 Å². The van der Waals surface area contributed by atoms with Gasteiger partial charge in [0.15, 0.2) is 5.15 Å². The highest BCUT2D eigenvalue weighted by Crippen LogP contribution is 2.28. The molecule has 1 atom stereocenters. The SMILES string of the molecule is CC(=O)N1CCN(C(=O)[C@H](Cc2ccccc2)n2cnc(-c3cc(Cl)ccc3-n3cc(Cl)nn3)cc2=O)CC1. The number of piperazine rings is 1. The van der Waals surface area contributed by atoms with Gasteiger partial charge in [0.05, 0.1) is 23.9 Å². The number of amides is 2. The van der Waals surface area contributed by atoms with Gasteiger partial charge in [-0.15, -0.1) is 5.10 Å². The topological polar surface area (TPSA) is 106 Å². The van der Waals surface area contributed by atoms with Crippen LogP contribution in [0.1, 0.15) is 18.5 Å². The third kappa shape index (κ3) is 5.86. The fourth-order valence-electron chi connectivity index (χ4n) is 4.66. The molecule has 0 aliphatic carbocycles. The Bertz CT molecular complexity index is 1560. The normalized spacial score (nSPS) is 14.3. The molecule has 0 unspecified atom stereocenters. The number of nitrogens with zero attached hydrogens (tertiary/aromatic N) is 7. The lowest BCUT2D eigenvalue weighted by Crippen LogP contribution is -2.52. The smallest absolute Gasteiger partial charge is 0.254 e. The van der Waals surface area contributed by atoms with Crippen LogP contribution in [0.15, 0.2) is 71.9 Å². The number of hydrogen-bond acceptors (Lipinski definition) is 6. The Hall–Kier alpha value is -4.02. The quantitative estimate of drug-likeness (QED) is 0.355. The predicted octanol–water partition coefficient (Wildman–Crippen LogP) is 3.27. The Morgan fingerprint density at radius 2 is 1.69 bits per heavy atom. The lowest BCUT2D eigenvalue weighted by Gasteiger charge is -2.36. The molecular weight excluding hydrogens is 541 g/mol. The fourth-order valence-corrected chi connectivity index (χ4v) is 4.96. The molecule has 10 nitrogen and oxygen atoms in total. The van der Waals surface area contributed by atoms with Crippen molar-refractivity contribution in [3.8, 4) is 16.9 Å². The van der Waals surface area contributed by atoms with E-state index in [-0.39, 0.29) is 22.5 Å². The van der Waals surface area contributed by atoms with Gasteiger partial charge in [0.1, 0.15) is 6.04 Å². The van der Waals surface area contributed by atoms with Crippen molar-refractivity contribution in [2.45, 2.75) is 19.4 Å². The van der Waals surface area contributed by atoms with E-state index in [2.05, 4.69) is 15.3 Å². The van der Waals surface area contributed by atoms with E-state index in [1.165, 1.54) is 34.8 Å². The Labute approximate surface area is 234 Å². The number of benzene rings is 2. The average Bonchev–Trinajstić information content (AvgIpc) is 3.38. The first-order valence-corrected chi connectivity index (χ1v) is 13.1. The predicted molar refractivity (Wildman–Crippen MR) is 147 cm³/mol. The van der Waals surface area contributed by atoms with Gasteiger partial charge in [-0.25, -0.2) is 9.67 Å². The van der Waals surface area contributed by atoms with Crippen molar-refractivity contribution >= 4 is 35.0 Å². The van der Waals surface area contributed by atoms with Crippen LogP contribution in [0, 0.1) is 0 Å². The Morgan fingerprint density at radius 3 is 2.33 bits per heavy atom. The van der Waals surface area contributed by atoms with Crippen molar-refractivity contribution in [1.82, 2.24) is 34.3 Å². The third-order valence-corrected chi connectivity index (χ3v) is 7.12. The van der Waals surface area contributed by atoms with Crippen molar-refractivity contribution in [1.29, 1.82) is 0 Å². The highest BCUT2D eigenvalue weighted by molar-refractivity contribution is 6.31. The number of hydrogen-bond donors (Lipinski definition) is 0. The molecule has 5 rings (SSSR count). The molecule has 0 bridgehead atoms. The van der Waals surface area contributed by atoms with Gasteiger partial charge >= 0.3 is 0 Å². The molecule has 1 fully saturated rings. The zero-order valence-electron chi connectivity index (χ0n) is 21.1. The molecule has 0 spiro atoms. The average molecular weight is 566 g/mol. The Morgan fingerprint density at radius 1 is 0.974 bits per heavy atom. The second-order valence-corrected chi connectivity index (χ2v) is 10.0. The van der Waals surface area contributed by atoms with E-state index >= 15 is 0 Å². The van der Waals surface area contributed by atoms with Crippen molar-refractivity contribution in [2.75, 3.05) is 26.2 Å². The molecule has 39 heavy (non-hydrogen) atoms. The molecule has 1 saturated heterocycles. The lowest BCUT2D eigenvalue weighted by atomic mass is 10.0. The number of halogens is 2. The molecule has 0 saturated carbocycles. The molecule has 1 aliphatic heterocycles. The standard InChI is InChI=1S/C27H25Cl2N7O3/c1-18(37)33-9-11-34(12-10-33)27(39)24(13-19-5-3-2-4-6-19)35-17-30-22(15-26(35)38)21-14-20(28)7-8-23(21)36-16-25(29)31-32-36/h2-8,14-17,24H,9-13H2,1H3/t24-/m0/s1. The second-order valence-electron chi connectivity index (χ2n) is 9.20. The minimum atomic E-state index is -0.807.